The van der Waals surface area contributed by atoms with Gasteiger partial charge in [0.2, 0.25) is 0 Å². The lowest BCUT2D eigenvalue weighted by Crippen LogP contribution is -2.55. The van der Waals surface area contributed by atoms with Crippen molar-refractivity contribution < 1.29 is 14.6 Å². The second-order valence-corrected chi connectivity index (χ2v) is 8.47. The molecule has 2 aliphatic heterocycles. The Balaban J connectivity index is 1.16. The number of amides is 1. The minimum atomic E-state index is -0.555. The quantitative estimate of drug-likeness (QED) is 0.674. The van der Waals surface area contributed by atoms with Gasteiger partial charge in [-0.2, -0.15) is 0 Å². The molecule has 2 aliphatic rings. The summed E-state index contributed by atoms with van der Waals surface area (Å²) < 4.78 is 6.24. The van der Waals surface area contributed by atoms with Gasteiger partial charge in [-0.25, -0.2) is 4.98 Å². The van der Waals surface area contributed by atoms with Gasteiger partial charge < -0.3 is 14.7 Å². The van der Waals surface area contributed by atoms with Crippen LogP contribution in [0.5, 0.6) is 5.75 Å². The molecule has 8 heteroatoms. The number of piperidine rings is 2. The molecule has 8 nitrogen and oxygen atoms in total. The molecule has 2 saturated heterocycles. The molecule has 2 fully saturated rings. The van der Waals surface area contributed by atoms with Crippen LogP contribution in [0, 0.1) is 0 Å². The molecule has 1 N–H and O–H groups in total. The lowest BCUT2D eigenvalue weighted by molar-refractivity contribution is -0.0434. The summed E-state index contributed by atoms with van der Waals surface area (Å²) in [6, 6.07) is 8.22. The van der Waals surface area contributed by atoms with Gasteiger partial charge >= 0.3 is 0 Å². The minimum absolute atomic E-state index is 0.0611. The number of β-amino-alcohol motifs (C(OH)–C–C–N with tert-alkyl or cyclic N) is 1. The van der Waals surface area contributed by atoms with E-state index >= 15 is 0 Å². The van der Waals surface area contributed by atoms with E-state index in [1.54, 1.807) is 18.6 Å². The standard InChI is InChI=1S/C24H27N5O3/c30-21-16-29(18-5-11-28(12-6-18)24(31)20-15-26-9-10-27-20)13-7-23(21)32-22-3-1-2-17-14-25-8-4-19(17)22/h1-4,8-10,14-15,18,21,23,30H,5-7,11-13,16H2/t21-,23-/m1/s1. The molecule has 0 aliphatic carbocycles. The number of aliphatic hydroxyl groups is 1. The zero-order valence-corrected chi connectivity index (χ0v) is 17.9. The molecule has 1 aromatic carbocycles. The van der Waals surface area contributed by atoms with E-state index < -0.39 is 6.10 Å². The Labute approximate surface area is 186 Å². The van der Waals surface area contributed by atoms with Crippen LogP contribution in [0.15, 0.2) is 55.2 Å². The number of rotatable bonds is 4. The summed E-state index contributed by atoms with van der Waals surface area (Å²) in [5.74, 6) is 0.729. The molecular weight excluding hydrogens is 406 g/mol. The smallest absolute Gasteiger partial charge is 0.274 e. The number of fused-ring (bicyclic) bond motifs is 1. The van der Waals surface area contributed by atoms with Crippen LogP contribution in [0.1, 0.15) is 29.8 Å². The highest BCUT2D eigenvalue weighted by Crippen LogP contribution is 2.29. The Morgan fingerprint density at radius 2 is 1.84 bits per heavy atom. The zero-order chi connectivity index (χ0) is 21.9. The summed E-state index contributed by atoms with van der Waals surface area (Å²) in [7, 11) is 0. The predicted molar refractivity (Wildman–Crippen MR) is 119 cm³/mol. The van der Waals surface area contributed by atoms with Crippen molar-refractivity contribution in [2.75, 3.05) is 26.2 Å². The maximum Gasteiger partial charge on any atom is 0.274 e. The second kappa shape index (κ2) is 9.18. The van der Waals surface area contributed by atoms with E-state index in [4.69, 9.17) is 4.74 Å². The van der Waals surface area contributed by atoms with Gasteiger partial charge in [-0.3, -0.25) is 19.7 Å². The van der Waals surface area contributed by atoms with E-state index in [1.165, 1.54) is 6.20 Å². The molecular formula is C24H27N5O3. The minimum Gasteiger partial charge on any atom is -0.487 e. The van der Waals surface area contributed by atoms with Gasteiger partial charge in [0.05, 0.1) is 6.20 Å². The maximum atomic E-state index is 12.6. The lowest BCUT2D eigenvalue weighted by atomic mass is 9.97. The number of likely N-dealkylation sites (tertiary alicyclic amines) is 2. The molecule has 32 heavy (non-hydrogen) atoms. The molecule has 4 heterocycles. The highest BCUT2D eigenvalue weighted by molar-refractivity contribution is 5.92. The van der Waals surface area contributed by atoms with E-state index in [0.29, 0.717) is 31.4 Å². The summed E-state index contributed by atoms with van der Waals surface area (Å²) in [6.45, 7) is 2.84. The normalized spacial score (nSPS) is 22.7. The number of hydrogen-bond donors (Lipinski definition) is 1. The number of carbonyl (C=O) groups is 1. The predicted octanol–water partition coefficient (Wildman–Crippen LogP) is 2.14. The molecule has 0 spiro atoms. The Bertz CT molecular complexity index is 1070. The summed E-state index contributed by atoms with van der Waals surface area (Å²) in [6.07, 6.45) is 9.97. The second-order valence-electron chi connectivity index (χ2n) is 8.47. The van der Waals surface area contributed by atoms with Crippen molar-refractivity contribution in [3.8, 4) is 5.75 Å². The fraction of sp³-hybridized carbons (Fsp3) is 0.417. The topological polar surface area (TPSA) is 91.7 Å². The molecule has 166 valence electrons. The van der Waals surface area contributed by atoms with Crippen LogP contribution >= 0.6 is 0 Å². The van der Waals surface area contributed by atoms with Crippen molar-refractivity contribution in [1.29, 1.82) is 0 Å². The Hall–Kier alpha value is -3.10. The first kappa shape index (κ1) is 20.8. The van der Waals surface area contributed by atoms with Gasteiger partial charge in [0.1, 0.15) is 23.7 Å². The molecule has 0 radical (unpaired) electrons. The average molecular weight is 434 g/mol. The van der Waals surface area contributed by atoms with Gasteiger partial charge in [0.25, 0.3) is 5.91 Å². The molecule has 3 aromatic rings. The molecule has 1 amide bonds. The van der Waals surface area contributed by atoms with E-state index in [0.717, 1.165) is 42.3 Å². The molecule has 5 rings (SSSR count). The highest BCUT2D eigenvalue weighted by Gasteiger charge is 2.35. The highest BCUT2D eigenvalue weighted by atomic mass is 16.5. The molecule has 2 atom stereocenters. The van der Waals surface area contributed by atoms with Crippen molar-refractivity contribution in [2.45, 2.75) is 37.5 Å². The maximum absolute atomic E-state index is 12.6. The molecule has 0 bridgehead atoms. The first-order chi connectivity index (χ1) is 15.7. The lowest BCUT2D eigenvalue weighted by Gasteiger charge is -2.43. The van der Waals surface area contributed by atoms with Crippen molar-refractivity contribution in [2.24, 2.45) is 0 Å². The fourth-order valence-electron chi connectivity index (χ4n) is 4.77. The monoisotopic (exact) mass is 433 g/mol. The number of hydrogen-bond acceptors (Lipinski definition) is 7. The summed E-state index contributed by atoms with van der Waals surface area (Å²) >= 11 is 0. The van der Waals surface area contributed by atoms with Crippen molar-refractivity contribution >= 4 is 16.7 Å². The van der Waals surface area contributed by atoms with Crippen molar-refractivity contribution in [1.82, 2.24) is 24.8 Å². The summed E-state index contributed by atoms with van der Waals surface area (Å²) in [4.78, 5) is 29.1. The number of ether oxygens (including phenoxy) is 1. The van der Waals surface area contributed by atoms with E-state index in [2.05, 4.69) is 19.9 Å². The largest absolute Gasteiger partial charge is 0.487 e. The number of benzene rings is 1. The Morgan fingerprint density at radius 1 is 1.00 bits per heavy atom. The van der Waals surface area contributed by atoms with E-state index in [-0.39, 0.29) is 12.0 Å². The SMILES string of the molecule is O=C(c1cnccn1)N1CCC(N2CC[C@@H](Oc3cccc4cnccc34)[C@H](O)C2)CC1. The van der Waals surface area contributed by atoms with Crippen LogP contribution in [-0.4, -0.2) is 80.2 Å². The van der Waals surface area contributed by atoms with Crippen LogP contribution in [0.3, 0.4) is 0 Å². The first-order valence-electron chi connectivity index (χ1n) is 11.2. The number of aliphatic hydroxyl groups excluding tert-OH is 1. The van der Waals surface area contributed by atoms with Crippen LogP contribution in [-0.2, 0) is 0 Å². The molecule has 0 saturated carbocycles. The molecule has 2 aromatic heterocycles. The van der Waals surface area contributed by atoms with Gasteiger partial charge in [0.15, 0.2) is 0 Å². The Kier molecular flexibility index (Phi) is 5.96. The zero-order valence-electron chi connectivity index (χ0n) is 17.9. The van der Waals surface area contributed by atoms with Crippen molar-refractivity contribution in [3.63, 3.8) is 0 Å². The van der Waals surface area contributed by atoms with Crippen LogP contribution < -0.4 is 4.74 Å². The number of carbonyl (C=O) groups excluding carboxylic acids is 1. The third-order valence-corrected chi connectivity index (χ3v) is 6.52. The number of nitrogens with zero attached hydrogens (tertiary/aromatic N) is 5. The van der Waals surface area contributed by atoms with Crippen molar-refractivity contribution in [3.05, 3.63) is 60.9 Å². The summed E-state index contributed by atoms with van der Waals surface area (Å²) in [5, 5.41) is 12.9. The summed E-state index contributed by atoms with van der Waals surface area (Å²) in [5.41, 5.74) is 0.392. The third-order valence-electron chi connectivity index (χ3n) is 6.52. The Morgan fingerprint density at radius 3 is 2.62 bits per heavy atom. The molecule has 0 unspecified atom stereocenters. The first-order valence-corrected chi connectivity index (χ1v) is 11.2. The van der Waals surface area contributed by atoms with Crippen LogP contribution in [0.2, 0.25) is 0 Å². The van der Waals surface area contributed by atoms with Gasteiger partial charge in [0, 0.05) is 67.8 Å². The van der Waals surface area contributed by atoms with Gasteiger partial charge in [-0.05, 0) is 31.4 Å². The van der Waals surface area contributed by atoms with E-state index in [9.17, 15) is 9.90 Å². The van der Waals surface area contributed by atoms with Gasteiger partial charge in [-0.15, -0.1) is 0 Å². The van der Waals surface area contributed by atoms with Gasteiger partial charge in [-0.1, -0.05) is 12.1 Å². The number of aromatic nitrogens is 3. The average Bonchev–Trinajstić information content (AvgIpc) is 2.85. The fourth-order valence-corrected chi connectivity index (χ4v) is 4.77. The number of pyridine rings is 1. The third kappa shape index (κ3) is 4.28. The van der Waals surface area contributed by atoms with E-state index in [1.807, 2.05) is 35.4 Å². The van der Waals surface area contributed by atoms with Crippen LogP contribution in [0.25, 0.3) is 10.8 Å². The van der Waals surface area contributed by atoms with Crippen LogP contribution in [0.4, 0.5) is 0 Å².